The van der Waals surface area contributed by atoms with Crippen LogP contribution in [0.2, 0.25) is 0 Å². The van der Waals surface area contributed by atoms with Crippen LogP contribution in [0.1, 0.15) is 39.7 Å². The molecular formula is C21H26N4O4. The molecule has 2 heterocycles. The van der Waals surface area contributed by atoms with Gasteiger partial charge in [0.2, 0.25) is 0 Å². The minimum atomic E-state index is -0.454. The zero-order valence-corrected chi connectivity index (χ0v) is 17.2. The Morgan fingerprint density at radius 3 is 2.55 bits per heavy atom. The van der Waals surface area contributed by atoms with Crippen molar-refractivity contribution in [2.45, 2.75) is 51.8 Å². The molecule has 0 spiro atoms. The van der Waals surface area contributed by atoms with E-state index in [0.717, 1.165) is 24.0 Å². The Morgan fingerprint density at radius 1 is 1.14 bits per heavy atom. The average Bonchev–Trinajstić information content (AvgIpc) is 3.42. The first-order valence-electron chi connectivity index (χ1n) is 9.93. The van der Waals surface area contributed by atoms with Crippen LogP contribution >= 0.6 is 0 Å². The molecule has 29 heavy (non-hydrogen) atoms. The van der Waals surface area contributed by atoms with E-state index in [-0.39, 0.29) is 12.1 Å². The molecule has 4 rings (SSSR count). The fourth-order valence-electron chi connectivity index (χ4n) is 3.65. The number of methoxy groups -OCH3 is 1. The normalized spacial score (nSPS) is 18.6. The lowest BCUT2D eigenvalue weighted by atomic mass is 10.0. The second kappa shape index (κ2) is 7.42. The van der Waals surface area contributed by atoms with Gasteiger partial charge in [0.05, 0.1) is 49.4 Å². The van der Waals surface area contributed by atoms with Gasteiger partial charge in [-0.1, -0.05) is 6.07 Å². The Morgan fingerprint density at radius 2 is 1.90 bits per heavy atom. The SMILES string of the molecule is COC(=O)N1c2ccc(-c3cnn(C4CC4)c3)cc2N(C(=O)OC(C)C)C[C@@H]1C. The van der Waals surface area contributed by atoms with Crippen LogP contribution < -0.4 is 9.80 Å². The maximum Gasteiger partial charge on any atom is 0.414 e. The Balaban J connectivity index is 1.75. The van der Waals surface area contributed by atoms with Gasteiger partial charge in [0, 0.05) is 11.8 Å². The molecule has 1 aromatic carbocycles. The molecule has 0 unspecified atom stereocenters. The molecule has 154 valence electrons. The maximum absolute atomic E-state index is 12.8. The largest absolute Gasteiger partial charge is 0.452 e. The Bertz CT molecular complexity index is 935. The summed E-state index contributed by atoms with van der Waals surface area (Å²) in [5, 5.41) is 4.46. The molecule has 1 fully saturated rings. The second-order valence-corrected chi connectivity index (χ2v) is 7.88. The van der Waals surface area contributed by atoms with Crippen molar-refractivity contribution in [2.24, 2.45) is 0 Å². The topological polar surface area (TPSA) is 76.9 Å². The lowest BCUT2D eigenvalue weighted by Crippen LogP contribution is -2.52. The first-order chi connectivity index (χ1) is 13.9. The van der Waals surface area contributed by atoms with E-state index in [9.17, 15) is 9.59 Å². The van der Waals surface area contributed by atoms with Crippen LogP contribution in [0.15, 0.2) is 30.6 Å². The number of nitrogens with zero attached hydrogens (tertiary/aromatic N) is 4. The lowest BCUT2D eigenvalue weighted by Gasteiger charge is -2.40. The van der Waals surface area contributed by atoms with Crippen molar-refractivity contribution in [3.8, 4) is 11.1 Å². The van der Waals surface area contributed by atoms with Crippen LogP contribution in [0.4, 0.5) is 21.0 Å². The summed E-state index contributed by atoms with van der Waals surface area (Å²) in [5.41, 5.74) is 3.14. The molecule has 1 saturated carbocycles. The molecule has 0 bridgehead atoms. The molecule has 1 aliphatic carbocycles. The molecule has 8 heteroatoms. The Kier molecular flexibility index (Phi) is 4.94. The van der Waals surface area contributed by atoms with E-state index in [1.807, 2.05) is 56.0 Å². The molecule has 1 aliphatic heterocycles. The highest BCUT2D eigenvalue weighted by Gasteiger charge is 2.36. The van der Waals surface area contributed by atoms with Crippen molar-refractivity contribution < 1.29 is 19.1 Å². The zero-order valence-electron chi connectivity index (χ0n) is 17.2. The summed E-state index contributed by atoms with van der Waals surface area (Å²) in [4.78, 5) is 28.3. The molecule has 8 nitrogen and oxygen atoms in total. The predicted molar refractivity (Wildman–Crippen MR) is 109 cm³/mol. The van der Waals surface area contributed by atoms with Crippen LogP contribution in [0, 0.1) is 0 Å². The second-order valence-electron chi connectivity index (χ2n) is 7.88. The third kappa shape index (κ3) is 3.66. The number of aromatic nitrogens is 2. The summed E-state index contributed by atoms with van der Waals surface area (Å²) in [6, 6.07) is 5.94. The summed E-state index contributed by atoms with van der Waals surface area (Å²) >= 11 is 0. The third-order valence-corrected chi connectivity index (χ3v) is 5.20. The van der Waals surface area contributed by atoms with Gasteiger partial charge in [0.1, 0.15) is 0 Å². The third-order valence-electron chi connectivity index (χ3n) is 5.20. The van der Waals surface area contributed by atoms with Gasteiger partial charge in [-0.25, -0.2) is 9.59 Å². The number of hydrogen-bond donors (Lipinski definition) is 0. The van der Waals surface area contributed by atoms with Gasteiger partial charge in [-0.2, -0.15) is 5.10 Å². The van der Waals surface area contributed by atoms with Crippen molar-refractivity contribution in [1.29, 1.82) is 0 Å². The fraction of sp³-hybridized carbons (Fsp3) is 0.476. The highest BCUT2D eigenvalue weighted by atomic mass is 16.6. The Labute approximate surface area is 170 Å². The number of fused-ring (bicyclic) bond motifs is 1. The van der Waals surface area contributed by atoms with Crippen LogP contribution in [0.25, 0.3) is 11.1 Å². The number of carbonyl (C=O) groups is 2. The van der Waals surface area contributed by atoms with Crippen molar-refractivity contribution >= 4 is 23.6 Å². The molecule has 2 amide bonds. The number of benzene rings is 1. The molecule has 0 N–H and O–H groups in total. The van der Waals surface area contributed by atoms with Gasteiger partial charge < -0.3 is 9.47 Å². The summed E-state index contributed by atoms with van der Waals surface area (Å²) < 4.78 is 12.4. The van der Waals surface area contributed by atoms with E-state index in [2.05, 4.69) is 5.10 Å². The fourth-order valence-corrected chi connectivity index (χ4v) is 3.65. The van der Waals surface area contributed by atoms with Crippen molar-refractivity contribution in [3.05, 3.63) is 30.6 Å². The molecule has 2 aliphatic rings. The number of hydrogen-bond acceptors (Lipinski definition) is 5. The maximum atomic E-state index is 12.8. The van der Waals surface area contributed by atoms with Gasteiger partial charge in [0.25, 0.3) is 0 Å². The lowest BCUT2D eigenvalue weighted by molar-refractivity contribution is 0.121. The Hall–Kier alpha value is -3.03. The predicted octanol–water partition coefficient (Wildman–Crippen LogP) is 4.21. The number of rotatable bonds is 3. The van der Waals surface area contributed by atoms with Crippen molar-refractivity contribution in [1.82, 2.24) is 9.78 Å². The molecule has 0 radical (unpaired) electrons. The molecule has 0 saturated heterocycles. The number of ether oxygens (including phenoxy) is 2. The van der Waals surface area contributed by atoms with Gasteiger partial charge >= 0.3 is 12.2 Å². The summed E-state index contributed by atoms with van der Waals surface area (Å²) in [6.45, 7) is 5.83. The van der Waals surface area contributed by atoms with E-state index >= 15 is 0 Å². The van der Waals surface area contributed by atoms with Gasteiger partial charge in [-0.15, -0.1) is 0 Å². The summed E-state index contributed by atoms with van der Waals surface area (Å²) in [6.07, 6.45) is 5.06. The van der Waals surface area contributed by atoms with Gasteiger partial charge in [-0.05, 0) is 51.3 Å². The van der Waals surface area contributed by atoms with Crippen LogP contribution in [0.3, 0.4) is 0 Å². The van der Waals surface area contributed by atoms with Crippen LogP contribution in [0.5, 0.6) is 0 Å². The van der Waals surface area contributed by atoms with E-state index in [4.69, 9.17) is 9.47 Å². The minimum absolute atomic E-state index is 0.236. The van der Waals surface area contributed by atoms with Crippen molar-refractivity contribution in [3.63, 3.8) is 0 Å². The highest BCUT2D eigenvalue weighted by molar-refractivity contribution is 6.01. The first-order valence-corrected chi connectivity index (χ1v) is 9.93. The van der Waals surface area contributed by atoms with E-state index in [1.165, 1.54) is 7.11 Å². The highest BCUT2D eigenvalue weighted by Crippen LogP contribution is 2.40. The van der Waals surface area contributed by atoms with E-state index < -0.39 is 12.2 Å². The number of carbonyl (C=O) groups excluding carboxylic acids is 2. The van der Waals surface area contributed by atoms with Crippen molar-refractivity contribution in [2.75, 3.05) is 23.5 Å². The van der Waals surface area contributed by atoms with Crippen LogP contribution in [-0.4, -0.2) is 47.8 Å². The molecular weight excluding hydrogens is 372 g/mol. The van der Waals surface area contributed by atoms with Gasteiger partial charge in [0.15, 0.2) is 0 Å². The first kappa shape index (κ1) is 19.3. The van der Waals surface area contributed by atoms with Crippen LogP contribution in [-0.2, 0) is 9.47 Å². The van der Waals surface area contributed by atoms with E-state index in [0.29, 0.717) is 24.0 Å². The quantitative estimate of drug-likeness (QED) is 0.774. The molecule has 1 atom stereocenters. The molecule has 2 aromatic rings. The number of amides is 2. The average molecular weight is 398 g/mol. The van der Waals surface area contributed by atoms with E-state index in [1.54, 1.807) is 9.80 Å². The summed E-state index contributed by atoms with van der Waals surface area (Å²) in [7, 11) is 1.36. The van der Waals surface area contributed by atoms with Gasteiger partial charge in [-0.3, -0.25) is 14.5 Å². The molecule has 1 aromatic heterocycles. The standard InChI is InChI=1S/C21H26N4O4/c1-13(2)29-20(26)23-11-14(3)25(21(27)28-4)18-8-5-15(9-19(18)23)16-10-22-24(12-16)17-6-7-17/h5,8-10,12-14,17H,6-7,11H2,1-4H3/t14-/m0/s1. The monoisotopic (exact) mass is 398 g/mol. The minimum Gasteiger partial charge on any atom is -0.452 e. The summed E-state index contributed by atoms with van der Waals surface area (Å²) in [5.74, 6) is 0. The zero-order chi connectivity index (χ0) is 20.7. The smallest absolute Gasteiger partial charge is 0.414 e. The number of anilines is 2.